The highest BCUT2D eigenvalue weighted by Crippen LogP contribution is 2.57. The van der Waals surface area contributed by atoms with Crippen LogP contribution < -0.4 is 0 Å². The third kappa shape index (κ3) is 2.39. The molecule has 1 atom stereocenters. The van der Waals surface area contributed by atoms with Gasteiger partial charge >= 0.3 is 0 Å². The Labute approximate surface area is 206 Å². The number of para-hydroxylation sites is 1. The molecule has 0 bridgehead atoms. The van der Waals surface area contributed by atoms with Gasteiger partial charge in [-0.25, -0.2) is 0 Å². The first-order chi connectivity index (χ1) is 16.8. The van der Waals surface area contributed by atoms with Crippen molar-refractivity contribution in [1.29, 1.82) is 5.26 Å². The standard InChI is InChI=1S/C33H28N2/c1-18(2)20-14-21(17-34)31-24(15-20)19(3)29-30-25(22-10-6-8-12-27(22)33(30,4)5)16-26-23-11-7-9-13-28(23)35(31)32(26)29/h6-16,18-19H,1-5H3. The van der Waals surface area contributed by atoms with Gasteiger partial charge in [-0.1, -0.05) is 83.1 Å². The lowest BCUT2D eigenvalue weighted by Crippen LogP contribution is -2.22. The van der Waals surface area contributed by atoms with E-state index >= 15 is 0 Å². The Balaban J connectivity index is 1.74. The highest BCUT2D eigenvalue weighted by Gasteiger charge is 2.42. The Morgan fingerprint density at radius 1 is 0.914 bits per heavy atom. The second-order valence-electron chi connectivity index (χ2n) is 11.1. The van der Waals surface area contributed by atoms with E-state index in [1.807, 2.05) is 0 Å². The van der Waals surface area contributed by atoms with E-state index in [-0.39, 0.29) is 11.3 Å². The smallest absolute Gasteiger partial charge is 0.101 e. The molecule has 0 spiro atoms. The van der Waals surface area contributed by atoms with E-state index in [1.54, 1.807) is 0 Å². The molecule has 0 radical (unpaired) electrons. The van der Waals surface area contributed by atoms with E-state index in [0.29, 0.717) is 5.92 Å². The third-order valence-electron chi connectivity index (χ3n) is 8.58. The fraction of sp³-hybridized carbons (Fsp3) is 0.242. The van der Waals surface area contributed by atoms with Crippen LogP contribution in [0.2, 0.25) is 0 Å². The molecule has 35 heavy (non-hydrogen) atoms. The maximum absolute atomic E-state index is 10.3. The van der Waals surface area contributed by atoms with Gasteiger partial charge in [-0.2, -0.15) is 5.26 Å². The average Bonchev–Trinajstić information content (AvgIpc) is 3.31. The van der Waals surface area contributed by atoms with Crippen molar-refractivity contribution in [2.75, 3.05) is 0 Å². The van der Waals surface area contributed by atoms with Gasteiger partial charge in [0.25, 0.3) is 0 Å². The first-order valence-electron chi connectivity index (χ1n) is 12.6. The first kappa shape index (κ1) is 20.5. The summed E-state index contributed by atoms with van der Waals surface area (Å²) in [5.74, 6) is 0.559. The molecule has 1 aliphatic heterocycles. The minimum Gasteiger partial charge on any atom is -0.307 e. The first-order valence-corrected chi connectivity index (χ1v) is 12.6. The normalized spacial score (nSPS) is 16.9. The summed E-state index contributed by atoms with van der Waals surface area (Å²) in [6, 6.07) is 27.1. The Bertz CT molecular complexity index is 1770. The second kappa shape index (κ2) is 6.64. The molecule has 2 aliphatic rings. The molecule has 1 unspecified atom stereocenters. The number of hydrogen-bond donors (Lipinski definition) is 0. The Hall–Kier alpha value is -3.83. The van der Waals surface area contributed by atoms with Gasteiger partial charge < -0.3 is 4.57 Å². The van der Waals surface area contributed by atoms with Gasteiger partial charge in [-0.15, -0.1) is 0 Å². The number of benzene rings is 4. The van der Waals surface area contributed by atoms with Crippen LogP contribution in [-0.2, 0) is 5.41 Å². The van der Waals surface area contributed by atoms with Gasteiger partial charge in [0, 0.05) is 22.1 Å². The van der Waals surface area contributed by atoms with Crippen molar-refractivity contribution in [3.8, 4) is 22.9 Å². The van der Waals surface area contributed by atoms with E-state index < -0.39 is 0 Å². The van der Waals surface area contributed by atoms with Gasteiger partial charge in [0.05, 0.1) is 22.3 Å². The van der Waals surface area contributed by atoms with Gasteiger partial charge in [0.2, 0.25) is 0 Å². The van der Waals surface area contributed by atoms with Crippen LogP contribution in [0.3, 0.4) is 0 Å². The van der Waals surface area contributed by atoms with Crippen LogP contribution in [0, 0.1) is 11.3 Å². The summed E-state index contributed by atoms with van der Waals surface area (Å²) < 4.78 is 2.40. The minimum absolute atomic E-state index is 0.0871. The summed E-state index contributed by atoms with van der Waals surface area (Å²) in [4.78, 5) is 0. The number of rotatable bonds is 1. The predicted octanol–water partition coefficient (Wildman–Crippen LogP) is 8.55. The molecule has 2 heterocycles. The average molecular weight is 453 g/mol. The maximum atomic E-state index is 10.3. The van der Waals surface area contributed by atoms with Crippen molar-refractivity contribution in [3.05, 3.63) is 100 Å². The zero-order valence-electron chi connectivity index (χ0n) is 20.9. The molecule has 1 aliphatic carbocycles. The van der Waals surface area contributed by atoms with Crippen LogP contribution in [0.5, 0.6) is 0 Å². The molecule has 1 aromatic heterocycles. The van der Waals surface area contributed by atoms with Gasteiger partial charge in [-0.3, -0.25) is 0 Å². The molecule has 0 saturated heterocycles. The van der Waals surface area contributed by atoms with Crippen LogP contribution in [0.4, 0.5) is 0 Å². The number of hydrogen-bond acceptors (Lipinski definition) is 1. The van der Waals surface area contributed by atoms with Gasteiger partial charge in [-0.05, 0) is 63.1 Å². The topological polar surface area (TPSA) is 28.7 Å². The monoisotopic (exact) mass is 452 g/mol. The van der Waals surface area contributed by atoms with Gasteiger partial charge in [0.15, 0.2) is 0 Å². The van der Waals surface area contributed by atoms with Crippen molar-refractivity contribution >= 4 is 21.8 Å². The molecule has 4 aromatic carbocycles. The van der Waals surface area contributed by atoms with E-state index in [1.165, 1.54) is 60.8 Å². The zero-order valence-corrected chi connectivity index (χ0v) is 20.9. The summed E-state index contributed by atoms with van der Waals surface area (Å²) in [5, 5.41) is 12.8. The molecular formula is C33H28N2. The van der Waals surface area contributed by atoms with Crippen LogP contribution >= 0.6 is 0 Å². The number of nitriles is 1. The molecule has 0 saturated carbocycles. The summed E-state index contributed by atoms with van der Waals surface area (Å²) in [5.41, 5.74) is 13.7. The highest BCUT2D eigenvalue weighted by molar-refractivity contribution is 6.14. The summed E-state index contributed by atoms with van der Waals surface area (Å²) in [6.45, 7) is 11.5. The fourth-order valence-corrected chi connectivity index (χ4v) is 6.93. The SMILES string of the molecule is CC(C)c1cc(C#N)c2c(c1)C(C)c1c3c(cc4c5ccccc5n-2c14)-c1ccccc1C3(C)C. The molecule has 170 valence electrons. The summed E-state index contributed by atoms with van der Waals surface area (Å²) >= 11 is 0. The minimum atomic E-state index is -0.0871. The number of aromatic nitrogens is 1. The lowest BCUT2D eigenvalue weighted by molar-refractivity contribution is 0.645. The molecule has 2 nitrogen and oxygen atoms in total. The molecule has 5 aromatic rings. The molecule has 7 rings (SSSR count). The van der Waals surface area contributed by atoms with Crippen LogP contribution in [-0.4, -0.2) is 4.57 Å². The van der Waals surface area contributed by atoms with Crippen molar-refractivity contribution in [2.24, 2.45) is 0 Å². The highest BCUT2D eigenvalue weighted by atomic mass is 15.0. The van der Waals surface area contributed by atoms with E-state index in [9.17, 15) is 5.26 Å². The van der Waals surface area contributed by atoms with Crippen molar-refractivity contribution < 1.29 is 0 Å². The lowest BCUT2D eigenvalue weighted by atomic mass is 9.74. The Morgan fingerprint density at radius 3 is 2.43 bits per heavy atom. The Morgan fingerprint density at radius 2 is 1.66 bits per heavy atom. The van der Waals surface area contributed by atoms with Crippen molar-refractivity contribution in [1.82, 2.24) is 4.57 Å². The largest absolute Gasteiger partial charge is 0.307 e. The van der Waals surface area contributed by atoms with Gasteiger partial charge in [0.1, 0.15) is 6.07 Å². The molecule has 0 amide bonds. The summed E-state index contributed by atoms with van der Waals surface area (Å²) in [6.07, 6.45) is 0. The lowest BCUT2D eigenvalue weighted by Gasteiger charge is -2.33. The van der Waals surface area contributed by atoms with Crippen molar-refractivity contribution in [3.63, 3.8) is 0 Å². The Kier molecular flexibility index (Phi) is 3.90. The number of nitrogens with zero attached hydrogens (tertiary/aromatic N) is 2. The van der Waals surface area contributed by atoms with Crippen LogP contribution in [0.25, 0.3) is 38.6 Å². The molecular weight excluding hydrogens is 424 g/mol. The molecule has 0 fully saturated rings. The quantitative estimate of drug-likeness (QED) is 0.250. The van der Waals surface area contributed by atoms with Crippen LogP contribution in [0.15, 0.2) is 66.7 Å². The van der Waals surface area contributed by atoms with E-state index in [4.69, 9.17) is 0 Å². The third-order valence-corrected chi connectivity index (χ3v) is 8.58. The fourth-order valence-electron chi connectivity index (χ4n) is 6.93. The van der Waals surface area contributed by atoms with E-state index in [0.717, 1.165) is 11.3 Å². The predicted molar refractivity (Wildman–Crippen MR) is 145 cm³/mol. The van der Waals surface area contributed by atoms with E-state index in [2.05, 4.69) is 112 Å². The maximum Gasteiger partial charge on any atom is 0.101 e. The summed E-state index contributed by atoms with van der Waals surface area (Å²) in [7, 11) is 0. The molecule has 2 heteroatoms. The molecule has 0 N–H and O–H groups in total. The number of fused-ring (bicyclic) bond motifs is 9. The second-order valence-corrected chi connectivity index (χ2v) is 11.1. The van der Waals surface area contributed by atoms with Crippen molar-refractivity contribution in [2.45, 2.75) is 51.9 Å². The zero-order chi connectivity index (χ0) is 24.2. The van der Waals surface area contributed by atoms with Crippen LogP contribution in [0.1, 0.15) is 79.8 Å².